The molecule has 0 saturated heterocycles. The summed E-state index contributed by atoms with van der Waals surface area (Å²) in [6, 6.07) is 11.5. The molecule has 0 fully saturated rings. The second-order valence-corrected chi connectivity index (χ2v) is 5.09. The number of nitrogens with two attached hydrogens (primary N) is 1. The van der Waals surface area contributed by atoms with Crippen LogP contribution in [0.2, 0.25) is 0 Å². The molecule has 6 heteroatoms. The summed E-state index contributed by atoms with van der Waals surface area (Å²) >= 11 is 0. The summed E-state index contributed by atoms with van der Waals surface area (Å²) in [5.74, 6) is 0.514. The van der Waals surface area contributed by atoms with Gasteiger partial charge in [-0.05, 0) is 30.3 Å². The molecule has 3 N–H and O–H groups in total. The molecule has 0 unspecified atom stereocenters. The highest BCUT2D eigenvalue weighted by molar-refractivity contribution is 5.96. The Balaban J connectivity index is 1.88. The van der Waals surface area contributed by atoms with Crippen molar-refractivity contribution in [1.82, 2.24) is 9.38 Å². The lowest BCUT2D eigenvalue weighted by atomic mass is 10.1. The Bertz CT molecular complexity index is 885. The first-order valence-electron chi connectivity index (χ1n) is 6.99. The van der Waals surface area contributed by atoms with Gasteiger partial charge in [0.25, 0.3) is 5.91 Å². The molecule has 22 heavy (non-hydrogen) atoms. The van der Waals surface area contributed by atoms with Crippen LogP contribution in [0.25, 0.3) is 16.9 Å². The quantitative estimate of drug-likeness (QED) is 0.755. The number of carbonyl (C=O) groups is 1. The zero-order valence-electron chi connectivity index (χ0n) is 11.7. The van der Waals surface area contributed by atoms with Crippen LogP contribution in [-0.2, 0) is 11.3 Å². The number of ether oxygens (including phenoxy) is 1. The van der Waals surface area contributed by atoms with E-state index in [2.05, 4.69) is 10.3 Å². The van der Waals surface area contributed by atoms with Gasteiger partial charge in [-0.15, -0.1) is 0 Å². The van der Waals surface area contributed by atoms with Crippen LogP contribution in [0.3, 0.4) is 0 Å². The van der Waals surface area contributed by atoms with Crippen LogP contribution >= 0.6 is 0 Å². The van der Waals surface area contributed by atoms with Gasteiger partial charge >= 0.3 is 0 Å². The van der Waals surface area contributed by atoms with Crippen molar-refractivity contribution >= 4 is 17.2 Å². The minimum Gasteiger partial charge on any atom is -0.482 e. The lowest BCUT2D eigenvalue weighted by Gasteiger charge is -2.18. The summed E-state index contributed by atoms with van der Waals surface area (Å²) in [7, 11) is 0. The molecule has 0 atom stereocenters. The SMILES string of the molecule is NCc1c(-c2ccc3c(c2)NC(=O)CO3)nc2ccccn12. The Labute approximate surface area is 126 Å². The van der Waals surface area contributed by atoms with E-state index in [9.17, 15) is 4.79 Å². The molecule has 2 aromatic heterocycles. The summed E-state index contributed by atoms with van der Waals surface area (Å²) in [5, 5.41) is 2.81. The van der Waals surface area contributed by atoms with Crippen molar-refractivity contribution < 1.29 is 9.53 Å². The monoisotopic (exact) mass is 294 g/mol. The number of benzene rings is 1. The topological polar surface area (TPSA) is 81.6 Å². The number of aromatic nitrogens is 2. The maximum Gasteiger partial charge on any atom is 0.262 e. The smallest absolute Gasteiger partial charge is 0.262 e. The van der Waals surface area contributed by atoms with Crippen LogP contribution < -0.4 is 15.8 Å². The van der Waals surface area contributed by atoms with Gasteiger partial charge in [0, 0.05) is 18.3 Å². The molecule has 0 spiro atoms. The molecule has 4 rings (SSSR count). The maximum absolute atomic E-state index is 11.5. The van der Waals surface area contributed by atoms with Crippen molar-refractivity contribution in [2.45, 2.75) is 6.54 Å². The fraction of sp³-hybridized carbons (Fsp3) is 0.125. The molecule has 3 heterocycles. The second-order valence-electron chi connectivity index (χ2n) is 5.09. The van der Waals surface area contributed by atoms with Crippen molar-refractivity contribution in [3.63, 3.8) is 0 Å². The third-order valence-corrected chi connectivity index (χ3v) is 3.71. The van der Waals surface area contributed by atoms with Crippen molar-refractivity contribution in [3.8, 4) is 17.0 Å². The number of carbonyl (C=O) groups excluding carboxylic acids is 1. The molecule has 3 aromatic rings. The minimum absolute atomic E-state index is 0.0504. The predicted octanol–water partition coefficient (Wildman–Crippen LogP) is 1.79. The zero-order valence-corrected chi connectivity index (χ0v) is 11.7. The van der Waals surface area contributed by atoms with E-state index in [1.165, 1.54) is 0 Å². The van der Waals surface area contributed by atoms with Crippen molar-refractivity contribution in [1.29, 1.82) is 0 Å². The van der Waals surface area contributed by atoms with Gasteiger partial charge in [0.05, 0.1) is 17.1 Å². The number of fused-ring (bicyclic) bond motifs is 2. The number of imidazole rings is 1. The first-order valence-corrected chi connectivity index (χ1v) is 6.99. The van der Waals surface area contributed by atoms with Crippen LogP contribution in [-0.4, -0.2) is 21.9 Å². The van der Waals surface area contributed by atoms with E-state index in [0.717, 1.165) is 22.6 Å². The third-order valence-electron chi connectivity index (χ3n) is 3.71. The van der Waals surface area contributed by atoms with Crippen molar-refractivity contribution in [2.24, 2.45) is 5.73 Å². The van der Waals surface area contributed by atoms with E-state index in [4.69, 9.17) is 10.5 Å². The number of nitrogens with one attached hydrogen (secondary N) is 1. The van der Waals surface area contributed by atoms with E-state index < -0.39 is 0 Å². The van der Waals surface area contributed by atoms with Crippen LogP contribution in [0.4, 0.5) is 5.69 Å². The van der Waals surface area contributed by atoms with Gasteiger partial charge in [-0.25, -0.2) is 4.98 Å². The summed E-state index contributed by atoms with van der Waals surface area (Å²) in [6.07, 6.45) is 1.94. The Morgan fingerprint density at radius 3 is 3.09 bits per heavy atom. The molecule has 1 aliphatic rings. The van der Waals surface area contributed by atoms with Gasteiger partial charge in [-0.3, -0.25) is 4.79 Å². The molecule has 0 aliphatic carbocycles. The third kappa shape index (κ3) is 1.93. The Hall–Kier alpha value is -2.86. The maximum atomic E-state index is 11.5. The highest BCUT2D eigenvalue weighted by Crippen LogP contribution is 2.33. The van der Waals surface area contributed by atoms with Crippen LogP contribution in [0.5, 0.6) is 5.75 Å². The van der Waals surface area contributed by atoms with Crippen molar-refractivity contribution in [3.05, 3.63) is 48.3 Å². The summed E-state index contributed by atoms with van der Waals surface area (Å²) < 4.78 is 7.36. The lowest BCUT2D eigenvalue weighted by molar-refractivity contribution is -0.118. The van der Waals surface area contributed by atoms with Crippen LogP contribution in [0.15, 0.2) is 42.6 Å². The first kappa shape index (κ1) is 12.8. The summed E-state index contributed by atoms with van der Waals surface area (Å²) in [5.41, 5.74) is 10.0. The lowest BCUT2D eigenvalue weighted by Crippen LogP contribution is -2.25. The number of pyridine rings is 1. The van der Waals surface area contributed by atoms with Gasteiger partial charge < -0.3 is 20.2 Å². The van der Waals surface area contributed by atoms with Crippen LogP contribution in [0, 0.1) is 0 Å². The largest absolute Gasteiger partial charge is 0.482 e. The molecule has 110 valence electrons. The number of anilines is 1. The summed E-state index contributed by atoms with van der Waals surface area (Å²) in [4.78, 5) is 16.1. The van der Waals surface area contributed by atoms with E-state index in [-0.39, 0.29) is 12.5 Å². The number of amides is 1. The molecule has 1 amide bonds. The molecular weight excluding hydrogens is 280 g/mol. The van der Waals surface area contributed by atoms with Gasteiger partial charge in [0.1, 0.15) is 11.4 Å². The predicted molar refractivity (Wildman–Crippen MR) is 82.6 cm³/mol. The van der Waals surface area contributed by atoms with Gasteiger partial charge in [0.2, 0.25) is 0 Å². The highest BCUT2D eigenvalue weighted by atomic mass is 16.5. The molecule has 1 aliphatic heterocycles. The van der Waals surface area contributed by atoms with E-state index >= 15 is 0 Å². The highest BCUT2D eigenvalue weighted by Gasteiger charge is 2.18. The van der Waals surface area contributed by atoms with E-state index in [1.807, 2.05) is 47.0 Å². The molecular formula is C16H14N4O2. The standard InChI is InChI=1S/C16H14N4O2/c17-8-12-16(19-14-3-1-2-6-20(12)14)10-4-5-13-11(7-10)18-15(21)9-22-13/h1-7H,8-9,17H2,(H,18,21). The van der Waals surface area contributed by atoms with E-state index in [1.54, 1.807) is 0 Å². The summed E-state index contributed by atoms with van der Waals surface area (Å²) in [6.45, 7) is 0.426. The molecule has 0 bridgehead atoms. The van der Waals surface area contributed by atoms with Crippen LogP contribution in [0.1, 0.15) is 5.69 Å². The number of nitrogens with zero attached hydrogens (tertiary/aromatic N) is 2. The Kier molecular flexibility index (Phi) is 2.83. The molecule has 1 aromatic carbocycles. The average molecular weight is 294 g/mol. The van der Waals surface area contributed by atoms with Gasteiger partial charge in [-0.1, -0.05) is 6.07 Å². The fourth-order valence-corrected chi connectivity index (χ4v) is 2.70. The molecule has 6 nitrogen and oxygen atoms in total. The molecule has 0 radical (unpaired) electrons. The minimum atomic E-state index is -0.154. The number of hydrogen-bond acceptors (Lipinski definition) is 4. The zero-order chi connectivity index (χ0) is 15.1. The van der Waals surface area contributed by atoms with Gasteiger partial charge in [-0.2, -0.15) is 0 Å². The Morgan fingerprint density at radius 2 is 2.23 bits per heavy atom. The fourth-order valence-electron chi connectivity index (χ4n) is 2.70. The molecule has 0 saturated carbocycles. The first-order chi connectivity index (χ1) is 10.8. The normalized spacial score (nSPS) is 13.6. The van der Waals surface area contributed by atoms with Crippen molar-refractivity contribution in [2.75, 3.05) is 11.9 Å². The van der Waals surface area contributed by atoms with E-state index in [0.29, 0.717) is 18.0 Å². The second kappa shape index (κ2) is 4.85. The Morgan fingerprint density at radius 1 is 1.32 bits per heavy atom. The van der Waals surface area contributed by atoms with Gasteiger partial charge in [0.15, 0.2) is 6.61 Å². The number of rotatable bonds is 2. The average Bonchev–Trinajstić information content (AvgIpc) is 2.92. The number of hydrogen-bond donors (Lipinski definition) is 2.